The van der Waals surface area contributed by atoms with Crippen molar-refractivity contribution in [1.82, 2.24) is 0 Å². The third-order valence-electron chi connectivity index (χ3n) is 3.39. The minimum Gasteiger partial charge on any atom is -0.494 e. The molecule has 0 aliphatic heterocycles. The second-order valence-corrected chi connectivity index (χ2v) is 5.68. The first-order valence-electron chi connectivity index (χ1n) is 7.10. The predicted octanol–water partition coefficient (Wildman–Crippen LogP) is 1.96. The number of ether oxygens (including phenoxy) is 1. The second kappa shape index (κ2) is 10.7. The summed E-state index contributed by atoms with van der Waals surface area (Å²) in [5.74, 6) is -0.489. The van der Waals surface area contributed by atoms with Crippen molar-refractivity contribution in [3.05, 3.63) is 29.3 Å². The molecule has 0 aliphatic carbocycles. The minimum atomic E-state index is -1.38. The molecule has 0 saturated heterocycles. The number of nitrogens with two attached hydrogens (primary N) is 1. The van der Waals surface area contributed by atoms with Crippen LogP contribution < -0.4 is 10.5 Å². The van der Waals surface area contributed by atoms with E-state index < -0.39 is 18.6 Å². The van der Waals surface area contributed by atoms with Crippen molar-refractivity contribution in [1.29, 1.82) is 0 Å². The van der Waals surface area contributed by atoms with Crippen molar-refractivity contribution < 1.29 is 24.7 Å². The first-order valence-corrected chi connectivity index (χ1v) is 7.48. The van der Waals surface area contributed by atoms with Crippen molar-refractivity contribution in [2.45, 2.75) is 37.5 Å². The summed E-state index contributed by atoms with van der Waals surface area (Å²) in [4.78, 5) is 11.3. The number of hydrogen-bond donors (Lipinski definition) is 4. The summed E-state index contributed by atoms with van der Waals surface area (Å²) in [5, 5.41) is 27.4. The van der Waals surface area contributed by atoms with Crippen LogP contribution in [0.2, 0.25) is 11.3 Å². The van der Waals surface area contributed by atoms with Gasteiger partial charge < -0.3 is 25.6 Å². The van der Waals surface area contributed by atoms with Gasteiger partial charge >= 0.3 is 13.1 Å². The molecule has 0 bridgehead atoms. The van der Waals surface area contributed by atoms with Crippen LogP contribution in [-0.4, -0.2) is 40.4 Å². The van der Waals surface area contributed by atoms with E-state index in [0.717, 1.165) is 0 Å². The Bertz CT molecular complexity index is 475. The molecule has 23 heavy (non-hydrogen) atoms. The maximum Gasteiger partial charge on any atom is 0.451 e. The molecule has 1 aromatic rings. The first-order chi connectivity index (χ1) is 10.3. The highest BCUT2D eigenvalue weighted by atomic mass is 35.5. The van der Waals surface area contributed by atoms with Crippen molar-refractivity contribution in [2.24, 2.45) is 5.73 Å². The van der Waals surface area contributed by atoms with E-state index in [2.05, 4.69) is 0 Å². The average Bonchev–Trinajstić information content (AvgIpc) is 2.45. The Morgan fingerprint density at radius 2 is 1.83 bits per heavy atom. The number of carbonyl (C=O) groups is 1. The Balaban J connectivity index is 0.00000484. The molecule has 1 unspecified atom stereocenters. The molecular formula is C14H22BCl2NO5. The smallest absolute Gasteiger partial charge is 0.451 e. The lowest BCUT2D eigenvalue weighted by Gasteiger charge is -2.24. The van der Waals surface area contributed by atoms with Crippen LogP contribution in [0.5, 0.6) is 5.75 Å². The third kappa shape index (κ3) is 8.43. The molecule has 9 heteroatoms. The number of halogens is 2. The van der Waals surface area contributed by atoms with Crippen molar-refractivity contribution >= 4 is 37.1 Å². The number of carboxylic acid groups (broad SMARTS) is 1. The van der Waals surface area contributed by atoms with Crippen molar-refractivity contribution in [2.75, 3.05) is 6.61 Å². The second-order valence-electron chi connectivity index (χ2n) is 5.24. The fourth-order valence-corrected chi connectivity index (χ4v) is 2.11. The van der Waals surface area contributed by atoms with Gasteiger partial charge in [-0.15, -0.1) is 12.4 Å². The number of unbranched alkanes of at least 4 members (excludes halogenated alkanes) is 1. The molecule has 0 amide bonds. The average molecular weight is 366 g/mol. The lowest BCUT2D eigenvalue weighted by molar-refractivity contribution is -0.144. The molecule has 1 aromatic carbocycles. The number of carboxylic acids is 1. The van der Waals surface area contributed by atoms with Gasteiger partial charge in [0.15, 0.2) is 0 Å². The molecule has 0 radical (unpaired) electrons. The van der Waals surface area contributed by atoms with Gasteiger partial charge in [-0.2, -0.15) is 0 Å². The van der Waals surface area contributed by atoms with Crippen molar-refractivity contribution in [3.63, 3.8) is 0 Å². The maximum absolute atomic E-state index is 11.3. The number of rotatable bonds is 10. The van der Waals surface area contributed by atoms with Gasteiger partial charge in [0.1, 0.15) is 11.3 Å². The molecule has 0 aromatic heterocycles. The van der Waals surface area contributed by atoms with Gasteiger partial charge in [0.2, 0.25) is 0 Å². The Labute approximate surface area is 147 Å². The zero-order valence-corrected chi connectivity index (χ0v) is 14.2. The van der Waals surface area contributed by atoms with Crippen LogP contribution in [0.3, 0.4) is 0 Å². The zero-order valence-electron chi connectivity index (χ0n) is 12.7. The number of benzene rings is 1. The van der Waals surface area contributed by atoms with Gasteiger partial charge in [-0.1, -0.05) is 24.4 Å². The molecule has 0 aliphatic rings. The standard InChI is InChI=1S/C14H21BClNO5.ClH/c16-11-3-5-12(6-4-11)22-10-8-14(17,13(18)19)7-1-2-9-15(20)21;/h3-6,20-21H,1-2,7-10,17H2,(H,18,19);1H. The van der Waals surface area contributed by atoms with Crippen LogP contribution in [0.4, 0.5) is 0 Å². The van der Waals surface area contributed by atoms with E-state index in [1.54, 1.807) is 24.3 Å². The fraction of sp³-hybridized carbons (Fsp3) is 0.500. The Hall–Kier alpha value is -0.985. The van der Waals surface area contributed by atoms with E-state index in [1.165, 1.54) is 0 Å². The Morgan fingerprint density at radius 3 is 2.35 bits per heavy atom. The molecule has 1 rings (SSSR count). The highest BCUT2D eigenvalue weighted by molar-refractivity contribution is 6.40. The Morgan fingerprint density at radius 1 is 1.22 bits per heavy atom. The highest BCUT2D eigenvalue weighted by Crippen LogP contribution is 2.20. The van der Waals surface area contributed by atoms with Crippen LogP contribution in [0.15, 0.2) is 24.3 Å². The lowest BCUT2D eigenvalue weighted by Crippen LogP contribution is -2.49. The zero-order chi connectivity index (χ0) is 16.6. The highest BCUT2D eigenvalue weighted by Gasteiger charge is 2.33. The predicted molar refractivity (Wildman–Crippen MR) is 92.2 cm³/mol. The molecule has 0 heterocycles. The molecule has 0 fully saturated rings. The molecule has 1 atom stereocenters. The molecule has 6 nitrogen and oxygen atoms in total. The third-order valence-corrected chi connectivity index (χ3v) is 3.64. The van der Waals surface area contributed by atoms with Crippen LogP contribution >= 0.6 is 24.0 Å². The summed E-state index contributed by atoms with van der Waals surface area (Å²) in [6.45, 7) is 0.174. The van der Waals surface area contributed by atoms with Gasteiger partial charge in [-0.05, 0) is 37.0 Å². The summed E-state index contributed by atoms with van der Waals surface area (Å²) >= 11 is 5.76. The lowest BCUT2D eigenvalue weighted by atomic mass is 9.81. The van der Waals surface area contributed by atoms with E-state index in [0.29, 0.717) is 23.6 Å². The molecule has 0 spiro atoms. The van der Waals surface area contributed by atoms with Crippen LogP contribution in [0.25, 0.3) is 0 Å². The van der Waals surface area contributed by atoms with Gasteiger partial charge in [-0.3, -0.25) is 4.79 Å². The van der Waals surface area contributed by atoms with Crippen LogP contribution in [-0.2, 0) is 4.79 Å². The van der Waals surface area contributed by atoms with E-state index >= 15 is 0 Å². The monoisotopic (exact) mass is 365 g/mol. The van der Waals surface area contributed by atoms with Gasteiger partial charge in [0, 0.05) is 11.4 Å². The van der Waals surface area contributed by atoms with E-state index in [4.69, 9.17) is 32.1 Å². The quantitative estimate of drug-likeness (QED) is 0.372. The number of aliphatic carboxylic acids is 1. The first kappa shape index (κ1) is 22.0. The molecule has 130 valence electrons. The minimum absolute atomic E-state index is 0. The van der Waals surface area contributed by atoms with E-state index in [1.807, 2.05) is 0 Å². The van der Waals surface area contributed by atoms with Crippen LogP contribution in [0, 0.1) is 0 Å². The summed E-state index contributed by atoms with van der Waals surface area (Å²) in [6, 6.07) is 6.77. The van der Waals surface area contributed by atoms with Gasteiger partial charge in [0.05, 0.1) is 6.61 Å². The Kier molecular flexibility index (Phi) is 10.3. The van der Waals surface area contributed by atoms with E-state index in [9.17, 15) is 9.90 Å². The summed E-state index contributed by atoms with van der Waals surface area (Å²) in [5.41, 5.74) is 4.54. The summed E-state index contributed by atoms with van der Waals surface area (Å²) in [7, 11) is -1.37. The van der Waals surface area contributed by atoms with Gasteiger partial charge in [-0.25, -0.2) is 0 Å². The van der Waals surface area contributed by atoms with Crippen LogP contribution in [0.1, 0.15) is 25.7 Å². The van der Waals surface area contributed by atoms with Crippen molar-refractivity contribution in [3.8, 4) is 5.75 Å². The van der Waals surface area contributed by atoms with E-state index in [-0.39, 0.29) is 38.2 Å². The molecule has 0 saturated carbocycles. The molecular weight excluding hydrogens is 344 g/mol. The topological polar surface area (TPSA) is 113 Å². The summed E-state index contributed by atoms with van der Waals surface area (Å²) in [6.07, 6.45) is 1.62. The molecule has 5 N–H and O–H groups in total. The largest absolute Gasteiger partial charge is 0.494 e. The number of hydrogen-bond acceptors (Lipinski definition) is 5. The summed E-state index contributed by atoms with van der Waals surface area (Å²) < 4.78 is 5.47. The fourth-order valence-electron chi connectivity index (χ4n) is 1.99. The SMILES string of the molecule is Cl.NC(CCCCB(O)O)(CCOc1ccc(Cl)cc1)C(=O)O. The maximum atomic E-state index is 11.3. The van der Waals surface area contributed by atoms with Gasteiger partial charge in [0.25, 0.3) is 0 Å². The normalized spacial score (nSPS) is 12.9.